The first-order chi connectivity index (χ1) is 11.4. The zero-order valence-electron chi connectivity index (χ0n) is 16.6. The van der Waals surface area contributed by atoms with Crippen LogP contribution in [0.2, 0.25) is 0 Å². The van der Waals surface area contributed by atoms with Gasteiger partial charge in [-0.05, 0) is 48.4 Å². The van der Waals surface area contributed by atoms with Crippen LogP contribution in [0.4, 0.5) is 0 Å². The minimum absolute atomic E-state index is 0.0474. The number of benzene rings is 1. The van der Waals surface area contributed by atoms with E-state index in [1.165, 1.54) is 4.90 Å². The molecule has 0 aromatic heterocycles. The van der Waals surface area contributed by atoms with Crippen molar-refractivity contribution >= 4 is 34.8 Å². The number of para-hydroxylation sites is 1. The van der Waals surface area contributed by atoms with E-state index in [0.29, 0.717) is 5.75 Å². The summed E-state index contributed by atoms with van der Waals surface area (Å²) in [5, 5.41) is 7.94. The number of ether oxygens (including phenoxy) is 1. The summed E-state index contributed by atoms with van der Waals surface area (Å²) in [6, 6.07) is 9.19. The first-order valence-electron chi connectivity index (χ1n) is 7.98. The first kappa shape index (κ1) is 28.4. The molecule has 0 aliphatic carbocycles. The normalized spacial score (nSPS) is 8.60. The maximum absolute atomic E-state index is 7.82. The van der Waals surface area contributed by atoms with E-state index < -0.39 is 0 Å². The molecular formula is C18H34N2O3S2. The van der Waals surface area contributed by atoms with Gasteiger partial charge < -0.3 is 20.3 Å². The Morgan fingerprint density at radius 3 is 1.52 bits per heavy atom. The Kier molecular flexibility index (Phi) is 21.4. The molecule has 1 rings (SSSR count). The predicted molar refractivity (Wildman–Crippen MR) is 115 cm³/mol. The summed E-state index contributed by atoms with van der Waals surface area (Å²) in [6.07, 6.45) is 0. The highest BCUT2D eigenvalue weighted by Gasteiger charge is 1.94. The van der Waals surface area contributed by atoms with Crippen molar-refractivity contribution in [1.82, 2.24) is 4.90 Å². The number of hydrogen-bond donors (Lipinski definition) is 2. The van der Waals surface area contributed by atoms with Crippen molar-refractivity contribution in [1.29, 1.82) is 0 Å². The molecule has 0 heterocycles. The van der Waals surface area contributed by atoms with Gasteiger partial charge in [0.15, 0.2) is 0 Å². The molecule has 0 atom stereocenters. The minimum atomic E-state index is 0.0474. The lowest BCUT2D eigenvalue weighted by molar-refractivity contribution is -0.161. The molecule has 0 saturated heterocycles. The molecular weight excluding hydrogens is 356 g/mol. The molecule has 7 heteroatoms. The van der Waals surface area contributed by atoms with Crippen LogP contribution >= 0.6 is 24.4 Å². The van der Waals surface area contributed by atoms with Gasteiger partial charge >= 0.3 is 0 Å². The second-order valence-corrected chi connectivity index (χ2v) is 7.20. The molecule has 0 fully saturated rings. The Bertz CT molecular complexity index is 428. The van der Waals surface area contributed by atoms with Crippen LogP contribution in [0.5, 0.6) is 5.75 Å². The molecule has 0 unspecified atom stereocenters. The van der Waals surface area contributed by atoms with Gasteiger partial charge in [-0.3, -0.25) is 0 Å². The monoisotopic (exact) mass is 390 g/mol. The van der Waals surface area contributed by atoms with Crippen molar-refractivity contribution in [2.45, 2.75) is 41.5 Å². The number of thiocarbonyl (C=S) groups is 2. The van der Waals surface area contributed by atoms with E-state index in [0.717, 1.165) is 11.8 Å². The smallest absolute Gasteiger partial charge is 0.298 e. The molecule has 0 saturated carbocycles. The van der Waals surface area contributed by atoms with Crippen LogP contribution in [-0.2, 0) is 4.89 Å². The van der Waals surface area contributed by atoms with Crippen LogP contribution < -0.4 is 10.5 Å². The van der Waals surface area contributed by atoms with Gasteiger partial charge in [-0.1, -0.05) is 59.7 Å². The molecule has 1 aromatic carbocycles. The first-order valence-corrected chi connectivity index (χ1v) is 8.80. The summed E-state index contributed by atoms with van der Waals surface area (Å²) < 4.78 is 4.92. The molecule has 5 nitrogen and oxygen atoms in total. The molecule has 146 valence electrons. The third-order valence-electron chi connectivity index (χ3n) is 1.40. The standard InChI is InChI=1S/C7H7NOS.2C4H10.C3H7NO2S/c8-7(10)9-6-4-2-1-3-5-6;2*1-4(2)3;1-4(2)3(7)6-5/h1-5H,(H2,8,10);2*4H,1-3H3;5H,1-2H3. The van der Waals surface area contributed by atoms with Gasteiger partial charge in [0.05, 0.1) is 0 Å². The Labute approximate surface area is 164 Å². The highest BCUT2D eigenvalue weighted by atomic mass is 32.1. The summed E-state index contributed by atoms with van der Waals surface area (Å²) in [4.78, 5) is 5.15. The van der Waals surface area contributed by atoms with E-state index >= 15 is 0 Å². The Morgan fingerprint density at radius 1 is 0.960 bits per heavy atom. The number of nitrogens with two attached hydrogens (primary N) is 1. The van der Waals surface area contributed by atoms with Crippen molar-refractivity contribution in [3.05, 3.63) is 30.3 Å². The minimum Gasteiger partial charge on any atom is -0.432 e. The van der Waals surface area contributed by atoms with Gasteiger partial charge in [-0.15, -0.1) is 0 Å². The van der Waals surface area contributed by atoms with E-state index in [1.807, 2.05) is 18.2 Å². The van der Waals surface area contributed by atoms with Crippen LogP contribution in [-0.4, -0.2) is 34.6 Å². The Balaban J connectivity index is -0.000000283. The maximum Gasteiger partial charge on any atom is 0.298 e. The quantitative estimate of drug-likeness (QED) is 0.399. The zero-order chi connectivity index (χ0) is 20.4. The second kappa shape index (κ2) is 18.9. The van der Waals surface area contributed by atoms with E-state index in [2.05, 4.69) is 70.9 Å². The fourth-order valence-corrected chi connectivity index (χ4v) is 0.783. The van der Waals surface area contributed by atoms with Gasteiger partial charge in [0.2, 0.25) is 0 Å². The highest BCUT2D eigenvalue weighted by molar-refractivity contribution is 7.80. The second-order valence-electron chi connectivity index (χ2n) is 6.45. The van der Waals surface area contributed by atoms with Crippen molar-refractivity contribution in [2.75, 3.05) is 14.1 Å². The molecule has 0 bridgehead atoms. The topological polar surface area (TPSA) is 68.0 Å². The number of rotatable bonds is 1. The molecule has 0 spiro atoms. The van der Waals surface area contributed by atoms with Gasteiger partial charge in [-0.2, -0.15) is 0 Å². The predicted octanol–water partition coefficient (Wildman–Crippen LogP) is 4.96. The number of hydrogen-bond acceptors (Lipinski definition) is 5. The molecule has 1 aromatic rings. The fourth-order valence-electron chi connectivity index (χ4n) is 0.686. The van der Waals surface area contributed by atoms with Crippen LogP contribution in [0.1, 0.15) is 41.5 Å². The molecule has 0 aliphatic rings. The van der Waals surface area contributed by atoms with E-state index in [9.17, 15) is 0 Å². The fraction of sp³-hybridized carbons (Fsp3) is 0.556. The zero-order valence-corrected chi connectivity index (χ0v) is 18.3. The molecule has 0 aliphatic heterocycles. The maximum atomic E-state index is 7.82. The van der Waals surface area contributed by atoms with Gasteiger partial charge in [0.1, 0.15) is 5.75 Å². The Morgan fingerprint density at radius 2 is 1.32 bits per heavy atom. The third kappa shape index (κ3) is 34.8. The molecule has 0 radical (unpaired) electrons. The molecule has 0 amide bonds. The largest absolute Gasteiger partial charge is 0.432 e. The highest BCUT2D eigenvalue weighted by Crippen LogP contribution is 2.07. The lowest BCUT2D eigenvalue weighted by atomic mass is 10.3. The summed E-state index contributed by atoms with van der Waals surface area (Å²) in [5.74, 6) is 2.34. The number of nitrogens with zero attached hydrogens (tertiary/aromatic N) is 1. The van der Waals surface area contributed by atoms with Crippen molar-refractivity contribution in [3.63, 3.8) is 0 Å². The van der Waals surface area contributed by atoms with Gasteiger partial charge in [0.25, 0.3) is 10.3 Å². The van der Waals surface area contributed by atoms with E-state index in [1.54, 1.807) is 26.2 Å². The third-order valence-corrected chi connectivity index (χ3v) is 1.93. The molecule has 25 heavy (non-hydrogen) atoms. The lowest BCUT2D eigenvalue weighted by Gasteiger charge is -2.07. The van der Waals surface area contributed by atoms with E-state index in [4.69, 9.17) is 15.7 Å². The van der Waals surface area contributed by atoms with Crippen LogP contribution in [0, 0.1) is 11.8 Å². The average molecular weight is 391 g/mol. The summed E-state index contributed by atoms with van der Waals surface area (Å²) >= 11 is 8.97. The van der Waals surface area contributed by atoms with Gasteiger partial charge in [-0.25, -0.2) is 5.26 Å². The average Bonchev–Trinajstić information content (AvgIpc) is 2.46. The SMILES string of the molecule is CC(C)C.CC(C)C.CN(C)C(=S)OO.NC(=S)Oc1ccccc1. The van der Waals surface area contributed by atoms with Gasteiger partial charge in [0, 0.05) is 14.1 Å². The van der Waals surface area contributed by atoms with Crippen molar-refractivity contribution in [3.8, 4) is 5.75 Å². The van der Waals surface area contributed by atoms with Crippen molar-refractivity contribution in [2.24, 2.45) is 17.6 Å². The van der Waals surface area contributed by atoms with Crippen LogP contribution in [0.3, 0.4) is 0 Å². The lowest BCUT2D eigenvalue weighted by Crippen LogP contribution is -2.20. The van der Waals surface area contributed by atoms with Crippen molar-refractivity contribution < 1.29 is 14.9 Å². The Hall–Kier alpha value is -1.44. The summed E-state index contributed by atoms with van der Waals surface area (Å²) in [7, 11) is 3.36. The van der Waals surface area contributed by atoms with E-state index in [-0.39, 0.29) is 10.3 Å². The van der Waals surface area contributed by atoms with Crippen LogP contribution in [0.25, 0.3) is 0 Å². The summed E-state index contributed by atoms with van der Waals surface area (Å²) in [5.41, 5.74) is 5.13. The summed E-state index contributed by atoms with van der Waals surface area (Å²) in [6.45, 7) is 13.0. The van der Waals surface area contributed by atoms with Crippen LogP contribution in [0.15, 0.2) is 30.3 Å². The molecule has 3 N–H and O–H groups in total.